The second-order valence-electron chi connectivity index (χ2n) is 5.17. The van der Waals surface area contributed by atoms with Gasteiger partial charge in [-0.05, 0) is 13.3 Å². The highest BCUT2D eigenvalue weighted by Gasteiger charge is 2.47. The molecule has 120 valence electrons. The van der Waals surface area contributed by atoms with Gasteiger partial charge >= 0.3 is 14.5 Å². The Balaban J connectivity index is 4.73. The van der Waals surface area contributed by atoms with Gasteiger partial charge in [-0.15, -0.1) is 0 Å². The lowest BCUT2D eigenvalue weighted by molar-refractivity contribution is -0.141. The van der Waals surface area contributed by atoms with Crippen LogP contribution >= 0.6 is 0 Å². The summed E-state index contributed by atoms with van der Waals surface area (Å²) in [5, 5.41) is 0. The van der Waals surface area contributed by atoms with Gasteiger partial charge in [0, 0.05) is 31.0 Å². The van der Waals surface area contributed by atoms with Gasteiger partial charge in [0.1, 0.15) is 0 Å². The summed E-state index contributed by atoms with van der Waals surface area (Å²) in [7, 11) is -3.01. The molecule has 0 amide bonds. The van der Waals surface area contributed by atoms with Crippen LogP contribution in [0.15, 0.2) is 12.2 Å². The van der Waals surface area contributed by atoms with Crippen molar-refractivity contribution in [1.29, 1.82) is 0 Å². The van der Waals surface area contributed by atoms with Gasteiger partial charge in [0.25, 0.3) is 11.9 Å². The molecule has 0 aliphatic heterocycles. The molecular weight excluding hydrogens is 292 g/mol. The van der Waals surface area contributed by atoms with E-state index >= 15 is 0 Å². The van der Waals surface area contributed by atoms with E-state index in [-0.39, 0.29) is 12.1 Å². The molecule has 0 N–H and O–H groups in total. The fourth-order valence-electron chi connectivity index (χ4n) is 1.74. The SMILES string of the molecule is C=C(C)C(=O)OCCC[Si](OC(C)=O)(OC(C)=O)C(C)C. The highest BCUT2D eigenvalue weighted by Crippen LogP contribution is 2.29. The molecule has 0 aromatic heterocycles. The second-order valence-corrected chi connectivity index (χ2v) is 8.86. The number of hydrogen-bond donors (Lipinski definition) is 0. The third-order valence-electron chi connectivity index (χ3n) is 2.76. The van der Waals surface area contributed by atoms with Gasteiger partial charge in [-0.2, -0.15) is 0 Å². The highest BCUT2D eigenvalue weighted by molar-refractivity contribution is 6.71. The topological polar surface area (TPSA) is 78.9 Å². The zero-order valence-corrected chi connectivity index (χ0v) is 14.4. The van der Waals surface area contributed by atoms with Crippen LogP contribution in [0.25, 0.3) is 0 Å². The van der Waals surface area contributed by atoms with Crippen molar-refractivity contribution in [3.05, 3.63) is 12.2 Å². The number of esters is 1. The summed E-state index contributed by atoms with van der Waals surface area (Å²) in [6.07, 6.45) is 0.448. The maximum absolute atomic E-state index is 11.3. The third-order valence-corrected chi connectivity index (χ3v) is 6.84. The summed E-state index contributed by atoms with van der Waals surface area (Å²) in [5.41, 5.74) is 0.226. The largest absolute Gasteiger partial charge is 0.485 e. The van der Waals surface area contributed by atoms with Crippen LogP contribution in [0, 0.1) is 0 Å². The Labute approximate surface area is 126 Å². The van der Waals surface area contributed by atoms with Crippen LogP contribution in [0.1, 0.15) is 41.0 Å². The highest BCUT2D eigenvalue weighted by atomic mass is 28.4. The normalized spacial score (nSPS) is 11.0. The first-order valence-electron chi connectivity index (χ1n) is 6.82. The average molecular weight is 316 g/mol. The van der Waals surface area contributed by atoms with Crippen molar-refractivity contribution < 1.29 is 28.0 Å². The summed E-state index contributed by atoms with van der Waals surface area (Å²) in [4.78, 5) is 33.9. The van der Waals surface area contributed by atoms with E-state index in [1.54, 1.807) is 6.92 Å². The molecule has 0 aliphatic carbocycles. The van der Waals surface area contributed by atoms with Crippen LogP contribution in [0.2, 0.25) is 11.6 Å². The van der Waals surface area contributed by atoms with Gasteiger partial charge in [-0.25, -0.2) is 4.79 Å². The van der Waals surface area contributed by atoms with Gasteiger partial charge in [0.05, 0.1) is 6.61 Å². The first kappa shape index (κ1) is 19.4. The van der Waals surface area contributed by atoms with Crippen molar-refractivity contribution in [3.63, 3.8) is 0 Å². The molecule has 0 bridgehead atoms. The molecule has 0 aromatic carbocycles. The standard InChI is InChI=1S/C14H24O6Si/c1-10(2)14(17)18-8-7-9-21(11(3)4,19-12(5)15)20-13(6)16/h11H,1,7-9H2,2-6H3. The van der Waals surface area contributed by atoms with Gasteiger partial charge in [0.15, 0.2) is 0 Å². The van der Waals surface area contributed by atoms with E-state index in [1.807, 2.05) is 13.8 Å². The van der Waals surface area contributed by atoms with E-state index in [0.29, 0.717) is 18.0 Å². The van der Waals surface area contributed by atoms with E-state index in [2.05, 4.69) is 6.58 Å². The summed E-state index contributed by atoms with van der Waals surface area (Å²) in [5.74, 6) is -1.42. The fourth-order valence-corrected chi connectivity index (χ4v) is 4.65. The lowest BCUT2D eigenvalue weighted by Crippen LogP contribution is -2.47. The van der Waals surface area contributed by atoms with Crippen molar-refractivity contribution in [3.8, 4) is 0 Å². The van der Waals surface area contributed by atoms with Crippen LogP contribution in [0.3, 0.4) is 0 Å². The molecule has 0 aliphatic rings. The summed E-state index contributed by atoms with van der Waals surface area (Å²) in [6.45, 7) is 11.5. The van der Waals surface area contributed by atoms with Crippen molar-refractivity contribution in [2.24, 2.45) is 0 Å². The van der Waals surface area contributed by atoms with Crippen LogP contribution in [0.5, 0.6) is 0 Å². The Morgan fingerprint density at radius 3 is 1.86 bits per heavy atom. The number of carbonyl (C=O) groups is 3. The van der Waals surface area contributed by atoms with E-state index < -0.39 is 26.5 Å². The maximum Gasteiger partial charge on any atom is 0.467 e. The molecule has 7 heteroatoms. The van der Waals surface area contributed by atoms with Crippen LogP contribution in [-0.4, -0.2) is 33.1 Å². The molecule has 0 fully saturated rings. The van der Waals surface area contributed by atoms with Crippen molar-refractivity contribution in [2.45, 2.75) is 52.6 Å². The zero-order valence-electron chi connectivity index (χ0n) is 13.4. The first-order valence-corrected chi connectivity index (χ1v) is 8.92. The fraction of sp³-hybridized carbons (Fsp3) is 0.643. The van der Waals surface area contributed by atoms with Crippen LogP contribution in [-0.2, 0) is 28.0 Å². The molecule has 0 aromatic rings. The van der Waals surface area contributed by atoms with E-state index in [4.69, 9.17) is 13.6 Å². The van der Waals surface area contributed by atoms with Gasteiger partial charge in [-0.1, -0.05) is 20.4 Å². The molecule has 21 heavy (non-hydrogen) atoms. The summed E-state index contributed by atoms with van der Waals surface area (Å²) >= 11 is 0. The van der Waals surface area contributed by atoms with Crippen molar-refractivity contribution in [2.75, 3.05) is 6.61 Å². The number of carbonyl (C=O) groups excluding carboxylic acids is 3. The Hall–Kier alpha value is -1.63. The Kier molecular flexibility index (Phi) is 7.94. The first-order chi connectivity index (χ1) is 9.60. The molecule has 0 atom stereocenters. The van der Waals surface area contributed by atoms with E-state index in [9.17, 15) is 14.4 Å². The van der Waals surface area contributed by atoms with Gasteiger partial charge in [0.2, 0.25) is 0 Å². The molecule has 0 saturated carbocycles. The number of rotatable bonds is 8. The molecule has 0 radical (unpaired) electrons. The second kappa shape index (κ2) is 8.61. The van der Waals surface area contributed by atoms with Crippen molar-refractivity contribution in [1.82, 2.24) is 0 Å². The molecule has 0 saturated heterocycles. The van der Waals surface area contributed by atoms with Gasteiger partial charge in [-0.3, -0.25) is 9.59 Å². The molecule has 0 rings (SSSR count). The number of ether oxygens (including phenoxy) is 1. The molecule has 0 heterocycles. The Bertz CT molecular complexity index is 400. The monoisotopic (exact) mass is 316 g/mol. The average Bonchev–Trinajstić information content (AvgIpc) is 2.32. The minimum atomic E-state index is -3.01. The molecule has 6 nitrogen and oxygen atoms in total. The summed E-state index contributed by atoms with van der Waals surface area (Å²) < 4.78 is 15.7. The van der Waals surface area contributed by atoms with Crippen LogP contribution in [0.4, 0.5) is 0 Å². The smallest absolute Gasteiger partial charge is 0.467 e. The number of hydrogen-bond acceptors (Lipinski definition) is 6. The minimum absolute atomic E-state index is 0.0952. The third kappa shape index (κ3) is 7.08. The predicted octanol–water partition coefficient (Wildman–Crippen LogP) is 2.47. The molecule has 0 unspecified atom stereocenters. The lowest BCUT2D eigenvalue weighted by Gasteiger charge is -2.31. The molecule has 0 spiro atoms. The van der Waals surface area contributed by atoms with Gasteiger partial charge < -0.3 is 13.6 Å². The van der Waals surface area contributed by atoms with Crippen molar-refractivity contribution >= 4 is 26.5 Å². The Morgan fingerprint density at radius 2 is 1.52 bits per heavy atom. The lowest BCUT2D eigenvalue weighted by atomic mass is 10.4. The maximum atomic E-state index is 11.3. The van der Waals surface area contributed by atoms with E-state index in [0.717, 1.165) is 0 Å². The molecular formula is C14H24O6Si. The van der Waals surface area contributed by atoms with Crippen LogP contribution < -0.4 is 0 Å². The predicted molar refractivity (Wildman–Crippen MR) is 79.6 cm³/mol. The zero-order chi connectivity index (χ0) is 16.6. The quantitative estimate of drug-likeness (QED) is 0.296. The van der Waals surface area contributed by atoms with E-state index in [1.165, 1.54) is 13.8 Å². The summed E-state index contributed by atoms with van der Waals surface area (Å²) in [6, 6.07) is 0.382. The Morgan fingerprint density at radius 1 is 1.05 bits per heavy atom. The minimum Gasteiger partial charge on any atom is -0.485 e.